The van der Waals surface area contributed by atoms with Gasteiger partial charge in [-0.2, -0.15) is 0 Å². The van der Waals surface area contributed by atoms with Crippen LogP contribution < -0.4 is 0 Å². The first-order valence-corrected chi connectivity index (χ1v) is 4.39. The summed E-state index contributed by atoms with van der Waals surface area (Å²) in [4.78, 5) is 0. The lowest BCUT2D eigenvalue weighted by Gasteiger charge is -2.38. The van der Waals surface area contributed by atoms with E-state index in [-0.39, 0.29) is 12.0 Å². The van der Waals surface area contributed by atoms with Crippen LogP contribution in [0.3, 0.4) is 0 Å². The van der Waals surface area contributed by atoms with Crippen LogP contribution in [0.2, 0.25) is 0 Å². The molecule has 1 N–H and O–H groups in total. The standard InChI is InChI=1S/C9H16F2O/c1-9(2,8(10)11)5-6-3-4-7(6)12/h6-8,12H,3-5H2,1-2H3. The molecule has 0 spiro atoms. The van der Waals surface area contributed by atoms with Crippen LogP contribution in [0.5, 0.6) is 0 Å². The number of aliphatic hydroxyl groups excluding tert-OH is 1. The van der Waals surface area contributed by atoms with Gasteiger partial charge in [-0.15, -0.1) is 0 Å². The SMILES string of the molecule is CC(C)(CC1CCC1O)C(F)F. The van der Waals surface area contributed by atoms with Gasteiger partial charge in [0.05, 0.1) is 6.10 Å². The number of halogens is 2. The summed E-state index contributed by atoms with van der Waals surface area (Å²) in [5.41, 5.74) is -0.938. The third kappa shape index (κ3) is 1.94. The zero-order chi connectivity index (χ0) is 9.35. The van der Waals surface area contributed by atoms with E-state index in [9.17, 15) is 13.9 Å². The third-order valence-corrected chi connectivity index (χ3v) is 2.76. The normalized spacial score (nSPS) is 30.5. The average molecular weight is 178 g/mol. The lowest BCUT2D eigenvalue weighted by molar-refractivity contribution is -0.0473. The number of alkyl halides is 2. The molecule has 0 aliphatic heterocycles. The van der Waals surface area contributed by atoms with E-state index < -0.39 is 11.8 Å². The van der Waals surface area contributed by atoms with E-state index >= 15 is 0 Å². The Bertz CT molecular complexity index is 157. The fourth-order valence-corrected chi connectivity index (χ4v) is 1.55. The van der Waals surface area contributed by atoms with Gasteiger partial charge in [-0.05, 0) is 25.2 Å². The minimum absolute atomic E-state index is 0.106. The second-order valence-electron chi connectivity index (χ2n) is 4.40. The molecule has 0 aromatic heterocycles. The maximum absolute atomic E-state index is 12.4. The van der Waals surface area contributed by atoms with Crippen LogP contribution >= 0.6 is 0 Å². The molecule has 3 heteroatoms. The molecular weight excluding hydrogens is 162 g/mol. The van der Waals surface area contributed by atoms with Crippen LogP contribution in [0.25, 0.3) is 0 Å². The topological polar surface area (TPSA) is 20.2 Å². The molecule has 0 aromatic carbocycles. The van der Waals surface area contributed by atoms with Gasteiger partial charge in [0.2, 0.25) is 6.43 Å². The van der Waals surface area contributed by atoms with Crippen molar-refractivity contribution in [1.29, 1.82) is 0 Å². The molecule has 12 heavy (non-hydrogen) atoms. The molecule has 1 aliphatic carbocycles. The summed E-state index contributed by atoms with van der Waals surface area (Å²) in [7, 11) is 0. The monoisotopic (exact) mass is 178 g/mol. The quantitative estimate of drug-likeness (QED) is 0.703. The number of aliphatic hydroxyl groups is 1. The van der Waals surface area contributed by atoms with Crippen LogP contribution in [0, 0.1) is 11.3 Å². The van der Waals surface area contributed by atoms with Crippen molar-refractivity contribution in [2.45, 2.75) is 45.6 Å². The van der Waals surface area contributed by atoms with Gasteiger partial charge in [-0.3, -0.25) is 0 Å². The molecule has 1 nitrogen and oxygen atoms in total. The maximum Gasteiger partial charge on any atom is 0.243 e. The first-order chi connectivity index (χ1) is 5.43. The largest absolute Gasteiger partial charge is 0.393 e. The van der Waals surface area contributed by atoms with Crippen molar-refractivity contribution in [3.8, 4) is 0 Å². The first kappa shape index (κ1) is 9.90. The van der Waals surface area contributed by atoms with E-state index in [1.165, 1.54) is 0 Å². The molecule has 0 saturated heterocycles. The molecule has 0 radical (unpaired) electrons. The van der Waals surface area contributed by atoms with Gasteiger partial charge in [-0.25, -0.2) is 8.78 Å². The van der Waals surface area contributed by atoms with Gasteiger partial charge >= 0.3 is 0 Å². The van der Waals surface area contributed by atoms with Crippen molar-refractivity contribution in [3.63, 3.8) is 0 Å². The van der Waals surface area contributed by atoms with Crippen molar-refractivity contribution in [3.05, 3.63) is 0 Å². The van der Waals surface area contributed by atoms with E-state index in [1.807, 2.05) is 0 Å². The van der Waals surface area contributed by atoms with E-state index in [0.717, 1.165) is 12.8 Å². The molecule has 0 amide bonds. The summed E-state index contributed by atoms with van der Waals surface area (Å²) in [6, 6.07) is 0. The summed E-state index contributed by atoms with van der Waals surface area (Å²) in [6.07, 6.45) is -0.499. The predicted molar refractivity (Wildman–Crippen MR) is 43.1 cm³/mol. The number of rotatable bonds is 3. The van der Waals surface area contributed by atoms with Crippen molar-refractivity contribution in [1.82, 2.24) is 0 Å². The van der Waals surface area contributed by atoms with Crippen LogP contribution in [-0.2, 0) is 0 Å². The Hall–Kier alpha value is -0.180. The lowest BCUT2D eigenvalue weighted by atomic mass is 9.72. The lowest BCUT2D eigenvalue weighted by Crippen LogP contribution is -2.37. The molecule has 0 aromatic rings. The van der Waals surface area contributed by atoms with Gasteiger partial charge in [0.1, 0.15) is 0 Å². The Morgan fingerprint density at radius 3 is 2.25 bits per heavy atom. The van der Waals surface area contributed by atoms with Gasteiger partial charge in [0, 0.05) is 5.41 Å². The molecule has 72 valence electrons. The minimum Gasteiger partial charge on any atom is -0.393 e. The average Bonchev–Trinajstić information content (AvgIpc) is 1.97. The van der Waals surface area contributed by atoms with Crippen molar-refractivity contribution in [2.24, 2.45) is 11.3 Å². The predicted octanol–water partition coefficient (Wildman–Crippen LogP) is 2.44. The van der Waals surface area contributed by atoms with E-state index in [2.05, 4.69) is 0 Å². The molecule has 1 fully saturated rings. The van der Waals surface area contributed by atoms with Gasteiger partial charge in [0.25, 0.3) is 0 Å². The second-order valence-corrected chi connectivity index (χ2v) is 4.40. The highest BCUT2D eigenvalue weighted by Gasteiger charge is 2.38. The Balaban J connectivity index is 2.38. The van der Waals surface area contributed by atoms with Gasteiger partial charge < -0.3 is 5.11 Å². The Morgan fingerprint density at radius 1 is 1.42 bits per heavy atom. The first-order valence-electron chi connectivity index (χ1n) is 4.39. The third-order valence-electron chi connectivity index (χ3n) is 2.76. The molecule has 0 bridgehead atoms. The van der Waals surface area contributed by atoms with Crippen LogP contribution in [0.15, 0.2) is 0 Å². The van der Waals surface area contributed by atoms with Crippen LogP contribution in [0.4, 0.5) is 8.78 Å². The van der Waals surface area contributed by atoms with Crippen molar-refractivity contribution in [2.75, 3.05) is 0 Å². The fraction of sp³-hybridized carbons (Fsp3) is 1.00. The maximum atomic E-state index is 12.4. The zero-order valence-electron chi connectivity index (χ0n) is 7.56. The Labute approximate surface area is 71.8 Å². The van der Waals surface area contributed by atoms with Crippen molar-refractivity contribution >= 4 is 0 Å². The molecule has 1 aliphatic rings. The van der Waals surface area contributed by atoms with E-state index in [4.69, 9.17) is 0 Å². The van der Waals surface area contributed by atoms with Gasteiger partial charge in [0.15, 0.2) is 0 Å². The Morgan fingerprint density at radius 2 is 2.00 bits per heavy atom. The smallest absolute Gasteiger partial charge is 0.243 e. The summed E-state index contributed by atoms with van der Waals surface area (Å²) in [5.74, 6) is 0.106. The highest BCUT2D eigenvalue weighted by atomic mass is 19.3. The molecule has 2 atom stereocenters. The molecular formula is C9H16F2O. The molecule has 1 saturated carbocycles. The fourth-order valence-electron chi connectivity index (χ4n) is 1.55. The highest BCUT2D eigenvalue weighted by molar-refractivity contribution is 4.85. The van der Waals surface area contributed by atoms with E-state index in [1.54, 1.807) is 13.8 Å². The number of hydrogen-bond donors (Lipinski definition) is 1. The Kier molecular flexibility index (Phi) is 2.71. The summed E-state index contributed by atoms with van der Waals surface area (Å²) >= 11 is 0. The molecule has 2 unspecified atom stereocenters. The van der Waals surface area contributed by atoms with Gasteiger partial charge in [-0.1, -0.05) is 13.8 Å². The highest BCUT2D eigenvalue weighted by Crippen LogP contribution is 2.40. The van der Waals surface area contributed by atoms with Crippen LogP contribution in [-0.4, -0.2) is 17.6 Å². The molecule has 0 heterocycles. The summed E-state index contributed by atoms with van der Waals surface area (Å²) in [5, 5.41) is 9.21. The zero-order valence-corrected chi connectivity index (χ0v) is 7.56. The number of hydrogen-bond acceptors (Lipinski definition) is 1. The minimum atomic E-state index is -2.29. The second kappa shape index (κ2) is 3.29. The van der Waals surface area contributed by atoms with Crippen LogP contribution in [0.1, 0.15) is 33.1 Å². The van der Waals surface area contributed by atoms with Crippen molar-refractivity contribution < 1.29 is 13.9 Å². The molecule has 1 rings (SSSR count). The summed E-state index contributed by atoms with van der Waals surface area (Å²) in [6.45, 7) is 3.12. The van der Waals surface area contributed by atoms with E-state index in [0.29, 0.717) is 6.42 Å². The summed E-state index contributed by atoms with van der Waals surface area (Å²) < 4.78 is 24.8.